The molecule has 0 saturated heterocycles. The van der Waals surface area contributed by atoms with Gasteiger partial charge in [0.2, 0.25) is 0 Å². The Balaban J connectivity index is 1.87. The lowest BCUT2D eigenvalue weighted by Crippen LogP contribution is -2.04. The molecule has 0 aliphatic heterocycles. The Morgan fingerprint density at radius 2 is 1.65 bits per heavy atom. The van der Waals surface area contributed by atoms with Crippen LogP contribution in [0.2, 0.25) is 5.02 Å². The topological polar surface area (TPSA) is 47.3 Å². The lowest BCUT2D eigenvalue weighted by Gasteiger charge is -2.03. The number of benzene rings is 2. The van der Waals surface area contributed by atoms with Crippen molar-refractivity contribution in [1.29, 1.82) is 0 Å². The Bertz CT molecular complexity index is 925. The van der Waals surface area contributed by atoms with E-state index in [2.05, 4.69) is 0 Å². The lowest BCUT2D eigenvalue weighted by atomic mass is 10.2. The minimum Gasteiger partial charge on any atom is -0.460 e. The van der Waals surface area contributed by atoms with Crippen molar-refractivity contribution < 1.29 is 12.8 Å². The number of furan rings is 1. The summed E-state index contributed by atoms with van der Waals surface area (Å²) in [6.45, 7) is 1.92. The summed E-state index contributed by atoms with van der Waals surface area (Å²) in [5.74, 6) is 0.769. The van der Waals surface area contributed by atoms with Gasteiger partial charge < -0.3 is 4.42 Å². The summed E-state index contributed by atoms with van der Waals surface area (Å²) in [7, 11) is -3.44. The van der Waals surface area contributed by atoms with Crippen LogP contribution in [0.1, 0.15) is 11.3 Å². The number of halogens is 1. The van der Waals surface area contributed by atoms with E-state index >= 15 is 0 Å². The Kier molecular flexibility index (Phi) is 4.28. The van der Waals surface area contributed by atoms with Crippen LogP contribution < -0.4 is 0 Å². The summed E-state index contributed by atoms with van der Waals surface area (Å²) in [6, 6.07) is 17.5. The minimum atomic E-state index is -3.44. The van der Waals surface area contributed by atoms with Crippen LogP contribution in [-0.4, -0.2) is 8.42 Å². The molecule has 0 N–H and O–H groups in total. The molecule has 1 aromatic heterocycles. The van der Waals surface area contributed by atoms with E-state index in [-0.39, 0.29) is 5.75 Å². The molecule has 2 aromatic carbocycles. The van der Waals surface area contributed by atoms with E-state index in [1.807, 2.05) is 25.1 Å². The van der Waals surface area contributed by atoms with Crippen molar-refractivity contribution in [2.24, 2.45) is 0 Å². The van der Waals surface area contributed by atoms with Gasteiger partial charge in [0, 0.05) is 5.56 Å². The second-order valence-electron chi connectivity index (χ2n) is 5.32. The number of rotatable bonds is 4. The fraction of sp³-hybridized carbons (Fsp3) is 0.111. The van der Waals surface area contributed by atoms with Gasteiger partial charge in [-0.1, -0.05) is 41.4 Å². The van der Waals surface area contributed by atoms with Crippen molar-refractivity contribution in [2.75, 3.05) is 0 Å². The van der Waals surface area contributed by atoms with E-state index in [4.69, 9.17) is 16.0 Å². The Morgan fingerprint density at radius 1 is 0.957 bits per heavy atom. The summed E-state index contributed by atoms with van der Waals surface area (Å²) >= 11 is 6.13. The highest BCUT2D eigenvalue weighted by Gasteiger charge is 2.18. The van der Waals surface area contributed by atoms with Gasteiger partial charge >= 0.3 is 0 Å². The molecule has 1 heterocycles. The van der Waals surface area contributed by atoms with Crippen LogP contribution in [0.5, 0.6) is 0 Å². The van der Waals surface area contributed by atoms with Gasteiger partial charge in [0.1, 0.15) is 17.3 Å². The van der Waals surface area contributed by atoms with Crippen molar-refractivity contribution >= 4 is 21.4 Å². The standard InChI is InChI=1S/C18H15ClO3S/c1-13-6-9-15(10-7-13)23(20,21)12-14-8-11-18(22-14)16-4-2-3-5-17(16)19/h2-11H,12H2,1H3. The number of hydrogen-bond acceptors (Lipinski definition) is 3. The van der Waals surface area contributed by atoms with Crippen molar-refractivity contribution in [1.82, 2.24) is 0 Å². The Labute approximate surface area is 140 Å². The largest absolute Gasteiger partial charge is 0.460 e. The van der Waals surface area contributed by atoms with Crippen LogP contribution in [0.15, 0.2) is 70.0 Å². The maximum atomic E-state index is 12.4. The van der Waals surface area contributed by atoms with Crippen LogP contribution >= 0.6 is 11.6 Å². The number of aryl methyl sites for hydroxylation is 1. The van der Waals surface area contributed by atoms with E-state index < -0.39 is 9.84 Å². The average molecular weight is 347 g/mol. The van der Waals surface area contributed by atoms with Gasteiger partial charge in [-0.2, -0.15) is 0 Å². The third-order valence-corrected chi connectivity index (χ3v) is 5.50. The third-order valence-electron chi connectivity index (χ3n) is 3.51. The minimum absolute atomic E-state index is 0.180. The zero-order chi connectivity index (χ0) is 16.4. The number of sulfone groups is 1. The molecular weight excluding hydrogens is 332 g/mol. The van der Waals surface area contributed by atoms with Gasteiger partial charge in [0.15, 0.2) is 9.84 Å². The summed E-state index contributed by atoms with van der Waals surface area (Å²) in [6.07, 6.45) is 0. The highest BCUT2D eigenvalue weighted by molar-refractivity contribution is 7.90. The van der Waals surface area contributed by atoms with Gasteiger partial charge in [0.25, 0.3) is 0 Å². The van der Waals surface area contributed by atoms with Crippen LogP contribution in [-0.2, 0) is 15.6 Å². The fourth-order valence-corrected chi connectivity index (χ4v) is 3.75. The molecule has 0 aliphatic carbocycles. The normalized spacial score (nSPS) is 11.6. The van der Waals surface area contributed by atoms with Crippen LogP contribution in [0, 0.1) is 6.92 Å². The molecule has 0 aliphatic rings. The van der Waals surface area contributed by atoms with E-state index in [9.17, 15) is 8.42 Å². The maximum Gasteiger partial charge on any atom is 0.185 e. The van der Waals surface area contributed by atoms with Gasteiger partial charge in [-0.15, -0.1) is 0 Å². The summed E-state index contributed by atoms with van der Waals surface area (Å²) < 4.78 is 30.5. The summed E-state index contributed by atoms with van der Waals surface area (Å²) in [5.41, 5.74) is 1.76. The molecule has 5 heteroatoms. The Morgan fingerprint density at radius 3 is 2.35 bits per heavy atom. The van der Waals surface area contributed by atoms with E-state index in [0.717, 1.165) is 11.1 Å². The first kappa shape index (κ1) is 15.8. The molecule has 0 fully saturated rings. The molecule has 3 rings (SSSR count). The molecule has 3 aromatic rings. The van der Waals surface area contributed by atoms with Crippen molar-refractivity contribution in [3.63, 3.8) is 0 Å². The molecule has 0 atom stereocenters. The van der Waals surface area contributed by atoms with Crippen molar-refractivity contribution in [3.05, 3.63) is 77.0 Å². The average Bonchev–Trinajstić information content (AvgIpc) is 2.95. The second kappa shape index (κ2) is 6.22. The van der Waals surface area contributed by atoms with Crippen LogP contribution in [0.4, 0.5) is 0 Å². The SMILES string of the molecule is Cc1ccc(S(=O)(=O)Cc2ccc(-c3ccccc3Cl)o2)cc1. The summed E-state index contributed by atoms with van der Waals surface area (Å²) in [4.78, 5) is 0.291. The van der Waals surface area contributed by atoms with E-state index in [1.165, 1.54) is 0 Å². The quantitative estimate of drug-likeness (QED) is 0.676. The predicted octanol–water partition coefficient (Wildman–Crippen LogP) is 4.88. The third kappa shape index (κ3) is 3.49. The second-order valence-corrected chi connectivity index (χ2v) is 7.71. The Hall–Kier alpha value is -2.04. The molecule has 23 heavy (non-hydrogen) atoms. The highest BCUT2D eigenvalue weighted by atomic mass is 35.5. The molecule has 0 radical (unpaired) electrons. The first-order chi connectivity index (χ1) is 11.0. The smallest absolute Gasteiger partial charge is 0.185 e. The zero-order valence-electron chi connectivity index (χ0n) is 12.5. The van der Waals surface area contributed by atoms with Gasteiger partial charge in [-0.3, -0.25) is 0 Å². The first-order valence-electron chi connectivity index (χ1n) is 7.09. The molecule has 0 amide bonds. The van der Waals surface area contributed by atoms with Gasteiger partial charge in [-0.25, -0.2) is 8.42 Å². The molecule has 0 unspecified atom stereocenters. The van der Waals surface area contributed by atoms with E-state index in [0.29, 0.717) is 21.4 Å². The molecule has 118 valence electrons. The zero-order valence-corrected chi connectivity index (χ0v) is 14.1. The van der Waals surface area contributed by atoms with Crippen molar-refractivity contribution in [2.45, 2.75) is 17.6 Å². The fourth-order valence-electron chi connectivity index (χ4n) is 2.28. The molecule has 0 spiro atoms. The molecule has 0 saturated carbocycles. The lowest BCUT2D eigenvalue weighted by molar-refractivity contribution is 0.532. The predicted molar refractivity (Wildman–Crippen MR) is 91.2 cm³/mol. The molecule has 3 nitrogen and oxygen atoms in total. The van der Waals surface area contributed by atoms with Gasteiger partial charge in [-0.05, 0) is 43.3 Å². The van der Waals surface area contributed by atoms with Crippen LogP contribution in [0.3, 0.4) is 0 Å². The summed E-state index contributed by atoms with van der Waals surface area (Å²) in [5, 5.41) is 0.565. The number of hydrogen-bond donors (Lipinski definition) is 0. The van der Waals surface area contributed by atoms with Crippen molar-refractivity contribution in [3.8, 4) is 11.3 Å². The van der Waals surface area contributed by atoms with Gasteiger partial charge in [0.05, 0.1) is 9.92 Å². The highest BCUT2D eigenvalue weighted by Crippen LogP contribution is 2.30. The van der Waals surface area contributed by atoms with Crippen LogP contribution in [0.25, 0.3) is 11.3 Å². The molecular formula is C18H15ClO3S. The monoisotopic (exact) mass is 346 g/mol. The molecule has 0 bridgehead atoms. The maximum absolute atomic E-state index is 12.4. The first-order valence-corrected chi connectivity index (χ1v) is 9.12. The van der Waals surface area contributed by atoms with E-state index in [1.54, 1.807) is 42.5 Å².